The van der Waals surface area contributed by atoms with Crippen molar-refractivity contribution >= 4 is 17.6 Å². The summed E-state index contributed by atoms with van der Waals surface area (Å²) in [5.74, 6) is -0.347. The zero-order valence-electron chi connectivity index (χ0n) is 10.5. The SMILES string of the molecule is CN(C)C(=O)NCCNCc1cc(F)cc(Cl)c1. The Bertz CT molecular complexity index is 392. The van der Waals surface area contributed by atoms with Crippen molar-refractivity contribution in [2.45, 2.75) is 6.54 Å². The van der Waals surface area contributed by atoms with E-state index in [1.165, 1.54) is 17.0 Å². The molecule has 0 unspecified atom stereocenters. The molecule has 0 heterocycles. The predicted octanol–water partition coefficient (Wildman–Crippen LogP) is 1.84. The molecule has 1 aromatic rings. The number of nitrogens with one attached hydrogen (secondary N) is 2. The maximum Gasteiger partial charge on any atom is 0.316 e. The van der Waals surface area contributed by atoms with Crippen molar-refractivity contribution in [2.75, 3.05) is 27.2 Å². The van der Waals surface area contributed by atoms with Gasteiger partial charge < -0.3 is 15.5 Å². The lowest BCUT2D eigenvalue weighted by molar-refractivity contribution is 0.217. The lowest BCUT2D eigenvalue weighted by Gasteiger charge is -2.12. The van der Waals surface area contributed by atoms with Crippen molar-refractivity contribution in [1.29, 1.82) is 0 Å². The summed E-state index contributed by atoms with van der Waals surface area (Å²) >= 11 is 5.74. The van der Waals surface area contributed by atoms with Gasteiger partial charge in [0.15, 0.2) is 0 Å². The van der Waals surface area contributed by atoms with E-state index in [1.54, 1.807) is 20.2 Å². The molecule has 1 rings (SSSR count). The summed E-state index contributed by atoms with van der Waals surface area (Å²) < 4.78 is 13.0. The summed E-state index contributed by atoms with van der Waals surface area (Å²) in [6.07, 6.45) is 0. The summed E-state index contributed by atoms with van der Waals surface area (Å²) in [4.78, 5) is 12.6. The highest BCUT2D eigenvalue weighted by Crippen LogP contribution is 2.13. The second-order valence-electron chi connectivity index (χ2n) is 4.08. The Labute approximate surface area is 111 Å². The highest BCUT2D eigenvalue weighted by atomic mass is 35.5. The molecule has 100 valence electrons. The Morgan fingerprint density at radius 3 is 2.67 bits per heavy atom. The Kier molecular flexibility index (Phi) is 5.88. The normalized spacial score (nSPS) is 10.2. The minimum atomic E-state index is -0.347. The fourth-order valence-electron chi connectivity index (χ4n) is 1.36. The lowest BCUT2D eigenvalue weighted by Crippen LogP contribution is -2.38. The van der Waals surface area contributed by atoms with Gasteiger partial charge in [-0.1, -0.05) is 11.6 Å². The molecular weight excluding hydrogens is 257 g/mol. The van der Waals surface area contributed by atoms with E-state index in [4.69, 9.17) is 11.6 Å². The topological polar surface area (TPSA) is 44.4 Å². The number of benzene rings is 1. The number of hydrogen-bond donors (Lipinski definition) is 2. The fraction of sp³-hybridized carbons (Fsp3) is 0.417. The van der Waals surface area contributed by atoms with E-state index in [2.05, 4.69) is 10.6 Å². The van der Waals surface area contributed by atoms with Crippen LogP contribution in [0.4, 0.5) is 9.18 Å². The van der Waals surface area contributed by atoms with Crippen LogP contribution in [0.5, 0.6) is 0 Å². The maximum absolute atomic E-state index is 13.0. The molecule has 0 saturated heterocycles. The van der Waals surface area contributed by atoms with Gasteiger partial charge in [-0.05, 0) is 23.8 Å². The van der Waals surface area contributed by atoms with E-state index in [1.807, 2.05) is 0 Å². The van der Waals surface area contributed by atoms with E-state index in [0.29, 0.717) is 24.7 Å². The molecule has 1 aromatic carbocycles. The molecular formula is C12H17ClFN3O. The van der Waals surface area contributed by atoms with Crippen molar-refractivity contribution in [3.8, 4) is 0 Å². The van der Waals surface area contributed by atoms with Crippen LogP contribution in [0.25, 0.3) is 0 Å². The first-order chi connectivity index (χ1) is 8.49. The van der Waals surface area contributed by atoms with Crippen molar-refractivity contribution in [2.24, 2.45) is 0 Å². The molecule has 0 aromatic heterocycles. The molecule has 0 bridgehead atoms. The summed E-state index contributed by atoms with van der Waals surface area (Å²) in [6, 6.07) is 4.26. The first kappa shape index (κ1) is 14.7. The highest BCUT2D eigenvalue weighted by Gasteiger charge is 2.01. The highest BCUT2D eigenvalue weighted by molar-refractivity contribution is 6.30. The zero-order valence-corrected chi connectivity index (χ0v) is 11.2. The average Bonchev–Trinajstić information content (AvgIpc) is 2.26. The number of nitrogens with zero attached hydrogens (tertiary/aromatic N) is 1. The van der Waals surface area contributed by atoms with Gasteiger partial charge in [-0.25, -0.2) is 9.18 Å². The van der Waals surface area contributed by atoms with Gasteiger partial charge in [0.2, 0.25) is 0 Å². The second-order valence-corrected chi connectivity index (χ2v) is 4.52. The summed E-state index contributed by atoms with van der Waals surface area (Å²) in [7, 11) is 3.36. The molecule has 2 N–H and O–H groups in total. The molecule has 4 nitrogen and oxygen atoms in total. The van der Waals surface area contributed by atoms with E-state index in [-0.39, 0.29) is 11.8 Å². The van der Waals surface area contributed by atoms with Gasteiger partial charge >= 0.3 is 6.03 Å². The second kappa shape index (κ2) is 7.18. The number of hydrogen-bond acceptors (Lipinski definition) is 2. The third-order valence-electron chi connectivity index (χ3n) is 2.24. The number of carbonyl (C=O) groups is 1. The van der Waals surface area contributed by atoms with Crippen LogP contribution >= 0.6 is 11.6 Å². The van der Waals surface area contributed by atoms with Gasteiger partial charge in [-0.15, -0.1) is 0 Å². The van der Waals surface area contributed by atoms with Crippen LogP contribution in [0.1, 0.15) is 5.56 Å². The molecule has 6 heteroatoms. The number of rotatable bonds is 5. The number of halogens is 2. The Morgan fingerprint density at radius 2 is 2.06 bits per heavy atom. The van der Waals surface area contributed by atoms with E-state index < -0.39 is 0 Å². The number of urea groups is 1. The van der Waals surface area contributed by atoms with Crippen LogP contribution in [0, 0.1) is 5.82 Å². The lowest BCUT2D eigenvalue weighted by atomic mass is 10.2. The Morgan fingerprint density at radius 1 is 1.33 bits per heavy atom. The number of amides is 2. The molecule has 0 aliphatic heterocycles. The number of carbonyl (C=O) groups excluding carboxylic acids is 1. The molecule has 0 aliphatic rings. The van der Waals surface area contributed by atoms with Gasteiger partial charge in [0, 0.05) is 38.8 Å². The largest absolute Gasteiger partial charge is 0.337 e. The van der Waals surface area contributed by atoms with Crippen molar-refractivity contribution in [1.82, 2.24) is 15.5 Å². The molecule has 0 aliphatic carbocycles. The summed E-state index contributed by atoms with van der Waals surface area (Å²) in [5, 5.41) is 6.19. The van der Waals surface area contributed by atoms with Gasteiger partial charge in [-0.3, -0.25) is 0 Å². The smallest absolute Gasteiger partial charge is 0.316 e. The molecule has 0 saturated carbocycles. The minimum absolute atomic E-state index is 0.134. The van der Waals surface area contributed by atoms with Crippen LogP contribution in [-0.2, 0) is 6.54 Å². The first-order valence-electron chi connectivity index (χ1n) is 5.60. The zero-order chi connectivity index (χ0) is 13.5. The van der Waals surface area contributed by atoms with Crippen molar-refractivity contribution < 1.29 is 9.18 Å². The van der Waals surface area contributed by atoms with Crippen LogP contribution in [0.2, 0.25) is 5.02 Å². The molecule has 0 fully saturated rings. The van der Waals surface area contributed by atoms with E-state index >= 15 is 0 Å². The van der Waals surface area contributed by atoms with Crippen LogP contribution < -0.4 is 10.6 Å². The van der Waals surface area contributed by atoms with Gasteiger partial charge in [0.05, 0.1) is 0 Å². The van der Waals surface area contributed by atoms with Gasteiger partial charge in [-0.2, -0.15) is 0 Å². The Hall–Kier alpha value is -1.33. The fourth-order valence-corrected chi connectivity index (χ4v) is 1.61. The molecule has 0 spiro atoms. The molecule has 2 amide bonds. The maximum atomic E-state index is 13.0. The predicted molar refractivity (Wildman–Crippen MR) is 70.2 cm³/mol. The van der Waals surface area contributed by atoms with Crippen molar-refractivity contribution in [3.05, 3.63) is 34.6 Å². The standard InChI is InChI=1S/C12H17ClFN3O/c1-17(2)12(18)16-4-3-15-8-9-5-10(13)7-11(14)6-9/h5-7,15H,3-4,8H2,1-2H3,(H,16,18). The molecule has 18 heavy (non-hydrogen) atoms. The third-order valence-corrected chi connectivity index (χ3v) is 2.45. The average molecular weight is 274 g/mol. The minimum Gasteiger partial charge on any atom is -0.337 e. The first-order valence-corrected chi connectivity index (χ1v) is 5.97. The van der Waals surface area contributed by atoms with Crippen LogP contribution in [-0.4, -0.2) is 38.1 Å². The Balaban J connectivity index is 2.24. The molecule has 0 atom stereocenters. The van der Waals surface area contributed by atoms with Crippen LogP contribution in [0.3, 0.4) is 0 Å². The quantitative estimate of drug-likeness (QED) is 0.804. The van der Waals surface area contributed by atoms with E-state index in [0.717, 1.165) is 5.56 Å². The monoisotopic (exact) mass is 273 g/mol. The summed E-state index contributed by atoms with van der Waals surface area (Å²) in [5.41, 5.74) is 0.777. The van der Waals surface area contributed by atoms with Gasteiger partial charge in [0.25, 0.3) is 0 Å². The van der Waals surface area contributed by atoms with E-state index in [9.17, 15) is 9.18 Å². The summed E-state index contributed by atoms with van der Waals surface area (Å²) in [6.45, 7) is 1.63. The molecule has 0 radical (unpaired) electrons. The third kappa shape index (κ3) is 5.33. The van der Waals surface area contributed by atoms with Crippen molar-refractivity contribution in [3.63, 3.8) is 0 Å². The van der Waals surface area contributed by atoms with Crippen LogP contribution in [0.15, 0.2) is 18.2 Å². The van der Waals surface area contributed by atoms with Gasteiger partial charge in [0.1, 0.15) is 5.82 Å².